The molecule has 1 aromatic rings. The van der Waals surface area contributed by atoms with Gasteiger partial charge in [0.25, 0.3) is 0 Å². The number of halogens is 1. The summed E-state index contributed by atoms with van der Waals surface area (Å²) in [4.78, 5) is 0. The van der Waals surface area contributed by atoms with Gasteiger partial charge in [-0.05, 0) is 37.6 Å². The van der Waals surface area contributed by atoms with Gasteiger partial charge in [0.15, 0.2) is 0 Å². The molecule has 0 bridgehead atoms. The van der Waals surface area contributed by atoms with E-state index in [1.165, 1.54) is 21.2 Å². The third-order valence-electron chi connectivity index (χ3n) is 2.54. The van der Waals surface area contributed by atoms with E-state index in [0.717, 1.165) is 0 Å². The van der Waals surface area contributed by atoms with Crippen molar-refractivity contribution < 1.29 is 4.74 Å². The van der Waals surface area contributed by atoms with Gasteiger partial charge in [-0.3, -0.25) is 0 Å². The molecule has 0 spiro atoms. The first-order valence-electron chi connectivity index (χ1n) is 5.03. The highest BCUT2D eigenvalue weighted by Gasteiger charge is 2.11. The average molecular weight is 272 g/mol. The molecule has 0 saturated carbocycles. The van der Waals surface area contributed by atoms with Crippen LogP contribution in [0.15, 0.2) is 16.6 Å². The number of likely N-dealkylation sites (N-methyl/N-ethyl adjacent to an activating group) is 1. The third kappa shape index (κ3) is 3.03. The van der Waals surface area contributed by atoms with Crippen molar-refractivity contribution in [2.45, 2.75) is 19.9 Å². The van der Waals surface area contributed by atoms with Crippen molar-refractivity contribution >= 4 is 15.9 Å². The molecule has 84 valence electrons. The van der Waals surface area contributed by atoms with Gasteiger partial charge in [0.05, 0.1) is 12.6 Å². The number of rotatable bonds is 4. The minimum atomic E-state index is 0.264. The SMILES string of the molecule is CNC(COC)c1cc(C)c(Br)c(C)c1. The van der Waals surface area contributed by atoms with Gasteiger partial charge in [-0.15, -0.1) is 0 Å². The Hall–Kier alpha value is -0.380. The van der Waals surface area contributed by atoms with Crippen molar-refractivity contribution in [3.63, 3.8) is 0 Å². The fourth-order valence-electron chi connectivity index (χ4n) is 1.69. The summed E-state index contributed by atoms with van der Waals surface area (Å²) in [6.07, 6.45) is 0. The van der Waals surface area contributed by atoms with Crippen LogP contribution in [0.5, 0.6) is 0 Å². The Bertz CT molecular complexity index is 315. The number of benzene rings is 1. The van der Waals surface area contributed by atoms with Crippen LogP contribution in [0, 0.1) is 13.8 Å². The average Bonchev–Trinajstić information content (AvgIpc) is 2.22. The topological polar surface area (TPSA) is 21.3 Å². The lowest BCUT2D eigenvalue weighted by atomic mass is 10.0. The maximum Gasteiger partial charge on any atom is 0.0657 e. The van der Waals surface area contributed by atoms with Crippen LogP contribution in [0.25, 0.3) is 0 Å². The van der Waals surface area contributed by atoms with Crippen molar-refractivity contribution in [2.24, 2.45) is 0 Å². The van der Waals surface area contributed by atoms with Crippen LogP contribution in [0.2, 0.25) is 0 Å². The van der Waals surface area contributed by atoms with E-state index in [2.05, 4.69) is 47.2 Å². The highest BCUT2D eigenvalue weighted by atomic mass is 79.9. The van der Waals surface area contributed by atoms with Gasteiger partial charge in [0, 0.05) is 11.6 Å². The van der Waals surface area contributed by atoms with Crippen LogP contribution in [-0.4, -0.2) is 20.8 Å². The van der Waals surface area contributed by atoms with Crippen LogP contribution in [-0.2, 0) is 4.74 Å². The van der Waals surface area contributed by atoms with E-state index in [-0.39, 0.29) is 6.04 Å². The fourth-order valence-corrected chi connectivity index (χ4v) is 1.92. The summed E-state index contributed by atoms with van der Waals surface area (Å²) < 4.78 is 6.38. The lowest BCUT2D eigenvalue weighted by molar-refractivity contribution is 0.170. The standard InChI is InChI=1S/C12H18BrNO/c1-8-5-10(6-9(2)12(8)13)11(14-3)7-15-4/h5-6,11,14H,7H2,1-4H3. The summed E-state index contributed by atoms with van der Waals surface area (Å²) >= 11 is 3.57. The lowest BCUT2D eigenvalue weighted by Crippen LogP contribution is -2.21. The molecule has 0 saturated heterocycles. The Balaban J connectivity index is 3.03. The molecule has 1 atom stereocenters. The lowest BCUT2D eigenvalue weighted by Gasteiger charge is -2.17. The summed E-state index contributed by atoms with van der Waals surface area (Å²) in [5.41, 5.74) is 3.81. The van der Waals surface area contributed by atoms with Crippen LogP contribution in [0.4, 0.5) is 0 Å². The number of hydrogen-bond acceptors (Lipinski definition) is 2. The summed E-state index contributed by atoms with van der Waals surface area (Å²) in [5, 5.41) is 3.25. The van der Waals surface area contributed by atoms with E-state index in [1.807, 2.05) is 7.05 Å². The number of hydrogen-bond donors (Lipinski definition) is 1. The number of aryl methyl sites for hydroxylation is 2. The molecule has 0 aromatic heterocycles. The molecule has 1 aromatic carbocycles. The van der Waals surface area contributed by atoms with Crippen LogP contribution in [0.1, 0.15) is 22.7 Å². The zero-order valence-electron chi connectivity index (χ0n) is 9.73. The molecule has 0 heterocycles. The summed E-state index contributed by atoms with van der Waals surface area (Å²) in [6.45, 7) is 4.91. The van der Waals surface area contributed by atoms with E-state index >= 15 is 0 Å². The van der Waals surface area contributed by atoms with Gasteiger partial charge >= 0.3 is 0 Å². The first-order valence-corrected chi connectivity index (χ1v) is 5.82. The Kier molecular flexibility index (Phi) is 4.77. The Morgan fingerprint density at radius 3 is 2.27 bits per heavy atom. The zero-order valence-corrected chi connectivity index (χ0v) is 11.3. The molecular weight excluding hydrogens is 254 g/mol. The summed E-state index contributed by atoms with van der Waals surface area (Å²) in [5.74, 6) is 0. The molecule has 0 aliphatic carbocycles. The summed E-state index contributed by atoms with van der Waals surface area (Å²) in [7, 11) is 3.68. The van der Waals surface area contributed by atoms with Crippen molar-refractivity contribution in [3.8, 4) is 0 Å². The molecule has 0 aliphatic heterocycles. The monoisotopic (exact) mass is 271 g/mol. The quantitative estimate of drug-likeness (QED) is 0.909. The van der Waals surface area contributed by atoms with Crippen molar-refractivity contribution in [2.75, 3.05) is 20.8 Å². The second-order valence-corrected chi connectivity index (χ2v) is 4.56. The van der Waals surface area contributed by atoms with Gasteiger partial charge in [-0.1, -0.05) is 28.1 Å². The van der Waals surface area contributed by atoms with Crippen LogP contribution >= 0.6 is 15.9 Å². The van der Waals surface area contributed by atoms with Gasteiger partial charge in [-0.2, -0.15) is 0 Å². The molecule has 1 unspecified atom stereocenters. The fraction of sp³-hybridized carbons (Fsp3) is 0.500. The minimum Gasteiger partial charge on any atom is -0.383 e. The van der Waals surface area contributed by atoms with E-state index in [4.69, 9.17) is 4.74 Å². The maximum absolute atomic E-state index is 5.19. The molecular formula is C12H18BrNO. The molecule has 0 aliphatic rings. The molecule has 0 radical (unpaired) electrons. The van der Waals surface area contributed by atoms with E-state index in [1.54, 1.807) is 7.11 Å². The van der Waals surface area contributed by atoms with Crippen LogP contribution in [0.3, 0.4) is 0 Å². The third-order valence-corrected chi connectivity index (χ3v) is 3.79. The highest BCUT2D eigenvalue weighted by molar-refractivity contribution is 9.10. The first-order chi connectivity index (χ1) is 7.10. The minimum absolute atomic E-state index is 0.264. The predicted molar refractivity (Wildman–Crippen MR) is 67.3 cm³/mol. The molecule has 1 N–H and O–H groups in total. The molecule has 0 amide bonds. The van der Waals surface area contributed by atoms with Crippen molar-refractivity contribution in [3.05, 3.63) is 33.3 Å². The number of methoxy groups -OCH3 is 1. The Labute approximate surface area is 100 Å². The Morgan fingerprint density at radius 2 is 1.87 bits per heavy atom. The van der Waals surface area contributed by atoms with Crippen LogP contribution < -0.4 is 5.32 Å². The van der Waals surface area contributed by atoms with Crippen molar-refractivity contribution in [1.29, 1.82) is 0 Å². The Morgan fingerprint density at radius 1 is 1.33 bits per heavy atom. The van der Waals surface area contributed by atoms with Gasteiger partial charge < -0.3 is 10.1 Å². The second-order valence-electron chi connectivity index (χ2n) is 3.77. The van der Waals surface area contributed by atoms with Gasteiger partial charge in [-0.25, -0.2) is 0 Å². The normalized spacial score (nSPS) is 12.9. The van der Waals surface area contributed by atoms with Gasteiger partial charge in [0.1, 0.15) is 0 Å². The zero-order chi connectivity index (χ0) is 11.4. The molecule has 2 nitrogen and oxygen atoms in total. The molecule has 0 fully saturated rings. The molecule has 1 rings (SSSR count). The van der Waals surface area contributed by atoms with E-state index in [9.17, 15) is 0 Å². The highest BCUT2D eigenvalue weighted by Crippen LogP contribution is 2.25. The molecule has 15 heavy (non-hydrogen) atoms. The largest absolute Gasteiger partial charge is 0.383 e. The molecule has 3 heteroatoms. The van der Waals surface area contributed by atoms with Crippen molar-refractivity contribution in [1.82, 2.24) is 5.32 Å². The van der Waals surface area contributed by atoms with Gasteiger partial charge in [0.2, 0.25) is 0 Å². The number of nitrogens with one attached hydrogen (secondary N) is 1. The van der Waals surface area contributed by atoms with E-state index < -0.39 is 0 Å². The summed E-state index contributed by atoms with van der Waals surface area (Å²) in [6, 6.07) is 4.65. The smallest absolute Gasteiger partial charge is 0.0657 e. The number of ether oxygens (including phenoxy) is 1. The second kappa shape index (κ2) is 5.64. The first kappa shape index (κ1) is 12.7. The predicted octanol–water partition coefficient (Wildman–Crippen LogP) is 2.97. The maximum atomic E-state index is 5.19. The van der Waals surface area contributed by atoms with E-state index in [0.29, 0.717) is 6.61 Å².